The van der Waals surface area contributed by atoms with Crippen molar-refractivity contribution in [2.75, 3.05) is 13.1 Å². The van der Waals surface area contributed by atoms with Gasteiger partial charge in [0, 0.05) is 29.4 Å². The Kier molecular flexibility index (Phi) is 3.88. The van der Waals surface area contributed by atoms with Gasteiger partial charge in [0.05, 0.1) is 17.6 Å². The van der Waals surface area contributed by atoms with Gasteiger partial charge in [-0.25, -0.2) is 4.98 Å². The van der Waals surface area contributed by atoms with Crippen LogP contribution in [0.15, 0.2) is 78.0 Å². The molecule has 5 nitrogen and oxygen atoms in total. The number of hydrogen-bond donors (Lipinski definition) is 1. The summed E-state index contributed by atoms with van der Waals surface area (Å²) in [6.45, 7) is 0.490. The first-order valence-corrected chi connectivity index (χ1v) is 9.18. The second-order valence-electron chi connectivity index (χ2n) is 6.81. The molecule has 2 aromatic carbocycles. The van der Waals surface area contributed by atoms with Crippen molar-refractivity contribution in [1.82, 2.24) is 9.38 Å². The first-order chi connectivity index (χ1) is 13.7. The minimum atomic E-state index is 0.0308. The Morgan fingerprint density at radius 1 is 0.929 bits per heavy atom. The zero-order valence-electron chi connectivity index (χ0n) is 15.2. The monoisotopic (exact) mass is 366 g/mol. The molecule has 0 bridgehead atoms. The van der Waals surface area contributed by atoms with Crippen LogP contribution in [0.1, 0.15) is 15.9 Å². The molecule has 3 heterocycles. The van der Waals surface area contributed by atoms with Crippen LogP contribution in [0.3, 0.4) is 0 Å². The summed E-state index contributed by atoms with van der Waals surface area (Å²) in [5.41, 5.74) is 13.2. The van der Waals surface area contributed by atoms with Crippen molar-refractivity contribution in [2.24, 2.45) is 10.7 Å². The molecular formula is C23H18N4O. The third kappa shape index (κ3) is 2.64. The van der Waals surface area contributed by atoms with Gasteiger partial charge in [-0.3, -0.25) is 14.2 Å². The highest BCUT2D eigenvalue weighted by atomic mass is 16.1. The van der Waals surface area contributed by atoms with Gasteiger partial charge in [-0.2, -0.15) is 0 Å². The molecule has 2 aromatic heterocycles. The second kappa shape index (κ2) is 6.55. The summed E-state index contributed by atoms with van der Waals surface area (Å²) in [6, 6.07) is 20.2. The number of pyridine rings is 1. The number of rotatable bonds is 3. The van der Waals surface area contributed by atoms with E-state index in [1.165, 1.54) is 0 Å². The lowest BCUT2D eigenvalue weighted by Crippen LogP contribution is -2.25. The summed E-state index contributed by atoms with van der Waals surface area (Å²) < 4.78 is 2.08. The summed E-state index contributed by atoms with van der Waals surface area (Å²) in [4.78, 5) is 21.1. The Balaban J connectivity index is 1.66. The molecule has 0 radical (unpaired) electrons. The van der Waals surface area contributed by atoms with Crippen LogP contribution >= 0.6 is 0 Å². The molecule has 0 saturated carbocycles. The molecule has 0 atom stereocenters. The average Bonchev–Trinajstić information content (AvgIpc) is 3.18. The predicted octanol–water partition coefficient (Wildman–Crippen LogP) is 3.61. The Bertz CT molecular complexity index is 1240. The summed E-state index contributed by atoms with van der Waals surface area (Å²) in [5.74, 6) is 0.0308. The molecule has 0 saturated heterocycles. The highest BCUT2D eigenvalue weighted by Crippen LogP contribution is 2.28. The highest BCUT2D eigenvalue weighted by Gasteiger charge is 2.21. The van der Waals surface area contributed by atoms with Gasteiger partial charge in [-0.1, -0.05) is 36.4 Å². The molecule has 5 rings (SSSR count). The average molecular weight is 366 g/mol. The van der Waals surface area contributed by atoms with Gasteiger partial charge in [0.15, 0.2) is 5.78 Å². The molecule has 1 aliphatic rings. The Morgan fingerprint density at radius 3 is 2.57 bits per heavy atom. The van der Waals surface area contributed by atoms with E-state index in [1.807, 2.05) is 48.7 Å². The summed E-state index contributed by atoms with van der Waals surface area (Å²) in [6.07, 6.45) is 3.95. The molecule has 0 amide bonds. The van der Waals surface area contributed by atoms with Crippen molar-refractivity contribution in [2.45, 2.75) is 0 Å². The Morgan fingerprint density at radius 2 is 1.75 bits per heavy atom. The van der Waals surface area contributed by atoms with E-state index in [0.717, 1.165) is 39.3 Å². The largest absolute Gasteiger partial charge is 0.325 e. The fourth-order valence-electron chi connectivity index (χ4n) is 3.69. The van der Waals surface area contributed by atoms with E-state index < -0.39 is 0 Å². The standard InChI is InChI=1S/C23H18N4O/c24-11-20-19-10-16(6-8-18(19)22(28)13-25-20)21-12-26-23-9-7-17(14-27(21)23)15-4-2-1-3-5-15/h1-10,12,14H,11,13,24H2. The van der Waals surface area contributed by atoms with Gasteiger partial charge >= 0.3 is 0 Å². The third-order valence-electron chi connectivity index (χ3n) is 5.15. The normalized spacial score (nSPS) is 13.5. The minimum absolute atomic E-state index is 0.0308. The van der Waals surface area contributed by atoms with Crippen molar-refractivity contribution in [1.29, 1.82) is 0 Å². The van der Waals surface area contributed by atoms with Gasteiger partial charge in [0.1, 0.15) is 12.2 Å². The predicted molar refractivity (Wildman–Crippen MR) is 111 cm³/mol. The van der Waals surface area contributed by atoms with E-state index in [0.29, 0.717) is 12.1 Å². The molecular weight excluding hydrogens is 348 g/mol. The van der Waals surface area contributed by atoms with Gasteiger partial charge < -0.3 is 5.73 Å². The van der Waals surface area contributed by atoms with Crippen LogP contribution in [0.4, 0.5) is 0 Å². The minimum Gasteiger partial charge on any atom is -0.325 e. The van der Waals surface area contributed by atoms with E-state index >= 15 is 0 Å². The molecule has 4 aromatic rings. The summed E-state index contributed by atoms with van der Waals surface area (Å²) >= 11 is 0. The van der Waals surface area contributed by atoms with Crippen LogP contribution in [0.25, 0.3) is 28.0 Å². The number of carbonyl (C=O) groups is 1. The topological polar surface area (TPSA) is 72.8 Å². The number of fused-ring (bicyclic) bond motifs is 2. The van der Waals surface area contributed by atoms with Crippen LogP contribution < -0.4 is 5.73 Å². The summed E-state index contributed by atoms with van der Waals surface area (Å²) in [7, 11) is 0. The molecule has 0 fully saturated rings. The first-order valence-electron chi connectivity index (χ1n) is 9.18. The van der Waals surface area contributed by atoms with Crippen LogP contribution in [-0.4, -0.2) is 34.0 Å². The fraction of sp³-hybridized carbons (Fsp3) is 0.0870. The Labute approximate surface area is 162 Å². The molecule has 2 N–H and O–H groups in total. The van der Waals surface area contributed by atoms with Gasteiger partial charge in [0.25, 0.3) is 0 Å². The van der Waals surface area contributed by atoms with Crippen LogP contribution in [0.2, 0.25) is 0 Å². The van der Waals surface area contributed by atoms with Gasteiger partial charge in [-0.05, 0) is 35.4 Å². The smallest absolute Gasteiger partial charge is 0.184 e. The van der Waals surface area contributed by atoms with E-state index in [1.54, 1.807) is 0 Å². The molecule has 0 unspecified atom stereocenters. The first kappa shape index (κ1) is 16.6. The number of imidazole rings is 1. The number of carbonyl (C=O) groups excluding carboxylic acids is 1. The SMILES string of the molecule is NCC1=NCC(=O)c2ccc(-c3cnc4ccc(-c5ccccc5)cn34)cc21. The molecule has 0 aliphatic carbocycles. The number of aliphatic imine (C=N–C) groups is 1. The molecule has 0 spiro atoms. The lowest BCUT2D eigenvalue weighted by Gasteiger charge is -2.16. The maximum atomic E-state index is 12.2. The van der Waals surface area contributed by atoms with Crippen molar-refractivity contribution in [3.05, 3.63) is 84.2 Å². The number of nitrogens with zero attached hydrogens (tertiary/aromatic N) is 3. The van der Waals surface area contributed by atoms with Crippen molar-refractivity contribution in [3.8, 4) is 22.4 Å². The van der Waals surface area contributed by atoms with Gasteiger partial charge in [-0.15, -0.1) is 0 Å². The number of aromatic nitrogens is 2. The number of Topliss-reactive ketones (excluding diaryl/α,β-unsaturated/α-hetero) is 1. The molecule has 28 heavy (non-hydrogen) atoms. The van der Waals surface area contributed by atoms with E-state index in [2.05, 4.69) is 38.8 Å². The van der Waals surface area contributed by atoms with E-state index in [4.69, 9.17) is 5.73 Å². The van der Waals surface area contributed by atoms with E-state index in [-0.39, 0.29) is 12.3 Å². The number of nitrogens with two attached hydrogens (primary N) is 1. The fourth-order valence-corrected chi connectivity index (χ4v) is 3.69. The van der Waals surface area contributed by atoms with Crippen LogP contribution in [0, 0.1) is 0 Å². The number of ketones is 1. The van der Waals surface area contributed by atoms with Gasteiger partial charge in [0.2, 0.25) is 0 Å². The molecule has 136 valence electrons. The second-order valence-corrected chi connectivity index (χ2v) is 6.81. The Hall–Kier alpha value is -3.57. The van der Waals surface area contributed by atoms with Crippen LogP contribution in [-0.2, 0) is 0 Å². The number of benzene rings is 2. The number of hydrogen-bond acceptors (Lipinski definition) is 4. The van der Waals surface area contributed by atoms with Crippen molar-refractivity contribution in [3.63, 3.8) is 0 Å². The van der Waals surface area contributed by atoms with E-state index in [9.17, 15) is 4.79 Å². The lowest BCUT2D eigenvalue weighted by atomic mass is 9.94. The zero-order valence-corrected chi connectivity index (χ0v) is 15.2. The maximum Gasteiger partial charge on any atom is 0.184 e. The maximum absolute atomic E-state index is 12.2. The zero-order chi connectivity index (χ0) is 19.1. The van der Waals surface area contributed by atoms with Crippen LogP contribution in [0.5, 0.6) is 0 Å². The third-order valence-corrected chi connectivity index (χ3v) is 5.15. The van der Waals surface area contributed by atoms with Crippen molar-refractivity contribution >= 4 is 17.1 Å². The lowest BCUT2D eigenvalue weighted by molar-refractivity contribution is 0.1000. The molecule has 5 heteroatoms. The quantitative estimate of drug-likeness (QED) is 0.602. The summed E-state index contributed by atoms with van der Waals surface area (Å²) in [5, 5.41) is 0. The van der Waals surface area contributed by atoms with Crippen molar-refractivity contribution < 1.29 is 4.79 Å². The molecule has 1 aliphatic heterocycles. The highest BCUT2D eigenvalue weighted by molar-refractivity contribution is 6.16.